The number of carbonyl (C=O) groups is 1. The molecule has 5 nitrogen and oxygen atoms in total. The van der Waals surface area contributed by atoms with Crippen LogP contribution in [0.25, 0.3) is 5.69 Å². The van der Waals surface area contributed by atoms with Crippen LogP contribution in [0.3, 0.4) is 0 Å². The molecule has 0 fully saturated rings. The lowest BCUT2D eigenvalue weighted by Crippen LogP contribution is -2.12. The minimum atomic E-state index is -0.326. The number of hydrogen-bond donors (Lipinski definition) is 0. The van der Waals surface area contributed by atoms with Crippen LogP contribution in [0.15, 0.2) is 30.3 Å². The maximum Gasteiger partial charge on any atom is 0.170 e. The van der Waals surface area contributed by atoms with Crippen molar-refractivity contribution in [1.82, 2.24) is 9.78 Å². The number of aldehydes is 1. The largest absolute Gasteiger partial charge is 0.300 e. The van der Waals surface area contributed by atoms with E-state index >= 15 is 0 Å². The summed E-state index contributed by atoms with van der Waals surface area (Å²) in [6, 6.07) is 7.48. The van der Waals surface area contributed by atoms with Crippen molar-refractivity contribution >= 4 is 24.3 Å². The molecule has 19 heavy (non-hydrogen) atoms. The quantitative estimate of drug-likeness (QED) is 0.478. The van der Waals surface area contributed by atoms with E-state index < -0.39 is 0 Å². The molecule has 0 bridgehead atoms. The van der Waals surface area contributed by atoms with E-state index in [1.807, 2.05) is 0 Å². The van der Waals surface area contributed by atoms with Gasteiger partial charge in [0.15, 0.2) is 6.29 Å². The van der Waals surface area contributed by atoms with Crippen molar-refractivity contribution < 1.29 is 13.4 Å². The fourth-order valence-corrected chi connectivity index (χ4v) is 2.02. The fourth-order valence-electron chi connectivity index (χ4n) is 1.59. The number of nitrogens with zero attached hydrogens (tertiary/aromatic N) is 3. The third-order valence-corrected chi connectivity index (χ3v) is 2.97. The van der Waals surface area contributed by atoms with E-state index in [4.69, 9.17) is 4.18 Å². The smallest absolute Gasteiger partial charge is 0.170 e. The van der Waals surface area contributed by atoms with Crippen LogP contribution in [-0.2, 0) is 4.18 Å². The van der Waals surface area contributed by atoms with Gasteiger partial charge in [0.05, 0.1) is 12.8 Å². The van der Waals surface area contributed by atoms with Gasteiger partial charge in [-0.3, -0.25) is 13.3 Å². The minimum absolute atomic E-state index is 0.294. The van der Waals surface area contributed by atoms with Crippen LogP contribution < -0.4 is 4.31 Å². The second-order valence-electron chi connectivity index (χ2n) is 3.67. The van der Waals surface area contributed by atoms with Crippen molar-refractivity contribution in [1.29, 1.82) is 0 Å². The van der Waals surface area contributed by atoms with Crippen LogP contribution in [0.4, 0.5) is 10.2 Å². The molecule has 100 valence electrons. The highest BCUT2D eigenvalue weighted by Crippen LogP contribution is 2.24. The number of anilines is 1. The van der Waals surface area contributed by atoms with Gasteiger partial charge in [-0.15, -0.1) is 0 Å². The summed E-state index contributed by atoms with van der Waals surface area (Å²) in [7, 11) is 3.32. The Morgan fingerprint density at radius 1 is 1.42 bits per heavy atom. The highest BCUT2D eigenvalue weighted by molar-refractivity contribution is 7.96. The second kappa shape index (κ2) is 5.85. The first-order valence-corrected chi connectivity index (χ1v) is 6.11. The number of rotatable bonds is 5. The van der Waals surface area contributed by atoms with Crippen LogP contribution in [0, 0.1) is 5.82 Å². The van der Waals surface area contributed by atoms with Crippen molar-refractivity contribution in [3.63, 3.8) is 0 Å². The minimum Gasteiger partial charge on any atom is -0.300 e. The van der Waals surface area contributed by atoms with Gasteiger partial charge in [-0.2, -0.15) is 5.10 Å². The Balaban J connectivity index is 2.45. The molecule has 1 aromatic heterocycles. The number of aromatic nitrogens is 2. The van der Waals surface area contributed by atoms with E-state index in [1.165, 1.54) is 12.1 Å². The molecule has 2 aromatic rings. The molecule has 1 aromatic carbocycles. The molecule has 0 aliphatic rings. The molecular formula is C12H12FN3O2S. The van der Waals surface area contributed by atoms with Crippen molar-refractivity contribution in [3.05, 3.63) is 41.8 Å². The normalized spacial score (nSPS) is 10.5. The zero-order chi connectivity index (χ0) is 13.8. The van der Waals surface area contributed by atoms with Crippen molar-refractivity contribution in [2.75, 3.05) is 18.5 Å². The molecule has 1 heterocycles. The molecule has 0 saturated heterocycles. The highest BCUT2D eigenvalue weighted by Gasteiger charge is 2.14. The van der Waals surface area contributed by atoms with E-state index in [0.717, 1.165) is 12.2 Å². The van der Waals surface area contributed by atoms with Crippen LogP contribution in [0.1, 0.15) is 10.5 Å². The molecule has 7 heteroatoms. The van der Waals surface area contributed by atoms with Crippen LogP contribution in [-0.4, -0.2) is 30.2 Å². The standard InChI is InChI=1S/C12H12FN3O2S/c1-15(19-18-2)12-7-10(8-17)14-16(12)11-5-3-9(13)4-6-11/h3-8H,1-2H3. The topological polar surface area (TPSA) is 47.4 Å². The van der Waals surface area contributed by atoms with Crippen LogP contribution in [0.5, 0.6) is 0 Å². The average molecular weight is 281 g/mol. The van der Waals surface area contributed by atoms with E-state index in [-0.39, 0.29) is 5.82 Å². The monoisotopic (exact) mass is 281 g/mol. The first-order valence-electron chi connectivity index (χ1n) is 5.41. The molecule has 2 rings (SSSR count). The number of hydrogen-bond acceptors (Lipinski definition) is 5. The van der Waals surface area contributed by atoms with Gasteiger partial charge in [0.25, 0.3) is 0 Å². The summed E-state index contributed by atoms with van der Waals surface area (Å²) in [5, 5.41) is 4.15. The molecule has 0 saturated carbocycles. The highest BCUT2D eigenvalue weighted by atomic mass is 32.2. The van der Waals surface area contributed by atoms with E-state index in [2.05, 4.69) is 5.10 Å². The number of benzene rings is 1. The third-order valence-electron chi connectivity index (χ3n) is 2.41. The molecule has 0 amide bonds. The molecule has 0 spiro atoms. The van der Waals surface area contributed by atoms with Crippen LogP contribution >= 0.6 is 12.2 Å². The van der Waals surface area contributed by atoms with Gasteiger partial charge < -0.3 is 0 Å². The van der Waals surface area contributed by atoms with Gasteiger partial charge in [-0.1, -0.05) is 0 Å². The van der Waals surface area contributed by atoms with Gasteiger partial charge in [-0.05, 0) is 24.3 Å². The molecular weight excluding hydrogens is 269 g/mol. The molecule has 0 radical (unpaired) electrons. The van der Waals surface area contributed by atoms with Crippen molar-refractivity contribution in [2.24, 2.45) is 0 Å². The maximum absolute atomic E-state index is 12.9. The molecule has 0 atom stereocenters. The molecule has 0 N–H and O–H groups in total. The van der Waals surface area contributed by atoms with Gasteiger partial charge in [0, 0.05) is 13.1 Å². The maximum atomic E-state index is 12.9. The lowest BCUT2D eigenvalue weighted by atomic mass is 10.3. The predicted molar refractivity (Wildman–Crippen MR) is 71.9 cm³/mol. The van der Waals surface area contributed by atoms with Gasteiger partial charge in [0.1, 0.15) is 29.6 Å². The number of halogens is 1. The summed E-state index contributed by atoms with van der Waals surface area (Å²) in [6.45, 7) is 0. The van der Waals surface area contributed by atoms with E-state index in [0.29, 0.717) is 23.5 Å². The third kappa shape index (κ3) is 2.94. The molecule has 0 unspecified atom stereocenters. The zero-order valence-corrected chi connectivity index (χ0v) is 11.2. The van der Waals surface area contributed by atoms with E-state index in [1.54, 1.807) is 41.3 Å². The average Bonchev–Trinajstić information content (AvgIpc) is 2.84. The van der Waals surface area contributed by atoms with Gasteiger partial charge in [-0.25, -0.2) is 9.07 Å². The summed E-state index contributed by atoms with van der Waals surface area (Å²) >= 11 is 1.10. The lowest BCUT2D eigenvalue weighted by molar-refractivity contribution is 0.111. The Hall–Kier alpha value is -1.86. The first-order chi connectivity index (χ1) is 9.15. The Morgan fingerprint density at radius 2 is 2.11 bits per heavy atom. The molecule has 0 aliphatic heterocycles. The lowest BCUT2D eigenvalue weighted by Gasteiger charge is -2.16. The summed E-state index contributed by atoms with van der Waals surface area (Å²) in [4.78, 5) is 10.8. The van der Waals surface area contributed by atoms with Crippen molar-refractivity contribution in [3.8, 4) is 5.69 Å². The van der Waals surface area contributed by atoms with Crippen LogP contribution in [0.2, 0.25) is 0 Å². The zero-order valence-electron chi connectivity index (χ0n) is 10.4. The summed E-state index contributed by atoms with van der Waals surface area (Å²) in [5.74, 6) is 0.327. The second-order valence-corrected chi connectivity index (χ2v) is 4.70. The Kier molecular flexibility index (Phi) is 4.18. The summed E-state index contributed by atoms with van der Waals surface area (Å²) < 4.78 is 21.2. The van der Waals surface area contributed by atoms with Gasteiger partial charge >= 0.3 is 0 Å². The Bertz CT molecular complexity index is 571. The summed E-state index contributed by atoms with van der Waals surface area (Å²) in [6.07, 6.45) is 0.662. The van der Waals surface area contributed by atoms with E-state index in [9.17, 15) is 9.18 Å². The first kappa shape index (κ1) is 13.6. The van der Waals surface area contributed by atoms with Gasteiger partial charge in [0.2, 0.25) is 0 Å². The SMILES string of the molecule is COSN(C)c1cc(C=O)nn1-c1ccc(F)cc1. The number of carbonyl (C=O) groups excluding carboxylic acids is 1. The fraction of sp³-hybridized carbons (Fsp3) is 0.167. The predicted octanol–water partition coefficient (Wildman–Crippen LogP) is 2.47. The summed E-state index contributed by atoms with van der Waals surface area (Å²) in [5.41, 5.74) is 0.955. The van der Waals surface area contributed by atoms with Crippen molar-refractivity contribution in [2.45, 2.75) is 0 Å². The Morgan fingerprint density at radius 3 is 2.68 bits per heavy atom. The molecule has 0 aliphatic carbocycles. The Labute approximate surface area is 114 Å².